The minimum Gasteiger partial charge on any atom is -0.285 e. The van der Waals surface area contributed by atoms with E-state index in [0.29, 0.717) is 0 Å². The molecular formula is C15H27NS. The summed E-state index contributed by atoms with van der Waals surface area (Å²) >= 11 is 1.80. The zero-order valence-corrected chi connectivity index (χ0v) is 13.2. The van der Waals surface area contributed by atoms with Crippen molar-refractivity contribution in [1.82, 2.24) is 0 Å². The molecule has 0 N–H and O–H groups in total. The van der Waals surface area contributed by atoms with Crippen molar-refractivity contribution < 1.29 is 0 Å². The first-order chi connectivity index (χ1) is 7.87. The summed E-state index contributed by atoms with van der Waals surface area (Å²) in [6.45, 7) is 13.2. The van der Waals surface area contributed by atoms with E-state index in [1.807, 2.05) is 7.05 Å². The Balaban J connectivity index is 4.78. The largest absolute Gasteiger partial charge is 0.285 e. The molecule has 0 aliphatic carbocycles. The summed E-state index contributed by atoms with van der Waals surface area (Å²) in [4.78, 5) is 5.76. The third kappa shape index (κ3) is 6.11. The second kappa shape index (κ2) is 7.75. The van der Waals surface area contributed by atoms with E-state index in [9.17, 15) is 0 Å². The van der Waals surface area contributed by atoms with Crippen LogP contribution in [0.3, 0.4) is 0 Å². The summed E-state index contributed by atoms with van der Waals surface area (Å²) < 4.78 is 0. The van der Waals surface area contributed by atoms with Gasteiger partial charge in [-0.1, -0.05) is 51.1 Å². The fourth-order valence-electron chi connectivity index (χ4n) is 1.52. The maximum atomic E-state index is 4.44. The van der Waals surface area contributed by atoms with Gasteiger partial charge < -0.3 is 0 Å². The van der Waals surface area contributed by atoms with Gasteiger partial charge in [0.15, 0.2) is 0 Å². The Morgan fingerprint density at radius 2 is 1.82 bits per heavy atom. The molecule has 0 rings (SSSR count). The fourth-order valence-corrected chi connectivity index (χ4v) is 2.58. The lowest BCUT2D eigenvalue weighted by Crippen LogP contribution is -2.20. The maximum Gasteiger partial charge on any atom is 0.0773 e. The second-order valence-corrected chi connectivity index (χ2v) is 6.21. The monoisotopic (exact) mass is 253 g/mol. The molecular weight excluding hydrogens is 226 g/mol. The lowest BCUT2D eigenvalue weighted by molar-refractivity contribution is 0.511. The van der Waals surface area contributed by atoms with Crippen molar-refractivity contribution in [2.45, 2.75) is 54.4 Å². The molecule has 1 nitrogen and oxygen atoms in total. The van der Waals surface area contributed by atoms with Crippen LogP contribution in [0.5, 0.6) is 0 Å². The van der Waals surface area contributed by atoms with E-state index in [1.54, 1.807) is 11.8 Å². The third-order valence-corrected chi connectivity index (χ3v) is 4.25. The molecule has 0 aromatic heterocycles. The zero-order chi connectivity index (χ0) is 13.5. The topological polar surface area (TPSA) is 12.4 Å². The van der Waals surface area contributed by atoms with Gasteiger partial charge in [-0.3, -0.25) is 4.99 Å². The quantitative estimate of drug-likeness (QED) is 0.361. The number of aliphatic imine (C=N–C) groups is 1. The van der Waals surface area contributed by atoms with Crippen LogP contribution in [0.15, 0.2) is 27.6 Å². The summed E-state index contributed by atoms with van der Waals surface area (Å²) in [5, 5.41) is 1.22. The Bertz CT molecular complexity index is 322. The van der Waals surface area contributed by atoms with Crippen LogP contribution in [0.25, 0.3) is 0 Å². The Labute approximate surface area is 111 Å². The molecule has 0 saturated heterocycles. The molecule has 0 radical (unpaired) electrons. The van der Waals surface area contributed by atoms with Gasteiger partial charge in [-0.25, -0.2) is 0 Å². The van der Waals surface area contributed by atoms with Gasteiger partial charge in [-0.15, -0.1) is 0 Å². The lowest BCUT2D eigenvalue weighted by atomic mass is 9.92. The molecule has 0 aromatic carbocycles. The van der Waals surface area contributed by atoms with Crippen LogP contribution in [0.1, 0.15) is 54.4 Å². The average Bonchev–Trinajstić information content (AvgIpc) is 2.25. The Hall–Kier alpha value is -0.500. The first-order valence-corrected chi connectivity index (χ1v) is 7.19. The van der Waals surface area contributed by atoms with E-state index >= 15 is 0 Å². The smallest absolute Gasteiger partial charge is 0.0773 e. The summed E-state index contributed by atoms with van der Waals surface area (Å²) in [7, 11) is 1.89. The number of hydrogen-bond donors (Lipinski definition) is 0. The summed E-state index contributed by atoms with van der Waals surface area (Å²) in [5.41, 5.74) is 1.51. The van der Waals surface area contributed by atoms with Crippen molar-refractivity contribution in [3.05, 3.63) is 22.6 Å². The number of allylic oxidation sites excluding steroid dienone is 4. The SMILES string of the molecule is CC/C=C(C)\C=C(/C)SC(=NC)C(C)(C)CC. The maximum absolute atomic E-state index is 4.44. The molecule has 0 atom stereocenters. The van der Waals surface area contributed by atoms with E-state index in [4.69, 9.17) is 0 Å². The van der Waals surface area contributed by atoms with E-state index in [0.717, 1.165) is 12.8 Å². The van der Waals surface area contributed by atoms with E-state index < -0.39 is 0 Å². The van der Waals surface area contributed by atoms with Gasteiger partial charge in [0.2, 0.25) is 0 Å². The van der Waals surface area contributed by atoms with Crippen molar-refractivity contribution in [2.75, 3.05) is 7.05 Å². The van der Waals surface area contributed by atoms with Gasteiger partial charge in [0.25, 0.3) is 0 Å². The first kappa shape index (κ1) is 16.5. The Morgan fingerprint density at radius 3 is 2.24 bits per heavy atom. The minimum absolute atomic E-state index is 0.177. The van der Waals surface area contributed by atoms with Crippen molar-refractivity contribution in [3.63, 3.8) is 0 Å². The van der Waals surface area contributed by atoms with Crippen LogP contribution in [0.4, 0.5) is 0 Å². The highest BCUT2D eigenvalue weighted by molar-refractivity contribution is 8.17. The standard InChI is InChI=1S/C15H27NS/c1-8-10-12(3)11-13(4)17-14(16-7)15(5,6)9-2/h10-11H,8-9H2,1-7H3/b12-10-,13-11+,16-14?. The molecule has 17 heavy (non-hydrogen) atoms. The molecule has 0 unspecified atom stereocenters. The molecule has 0 aromatic rings. The summed E-state index contributed by atoms with van der Waals surface area (Å²) in [6.07, 6.45) is 6.70. The van der Waals surface area contributed by atoms with E-state index in [1.165, 1.54) is 15.5 Å². The normalized spacial score (nSPS) is 15.4. The molecule has 0 aliphatic rings. The van der Waals surface area contributed by atoms with Gasteiger partial charge >= 0.3 is 0 Å². The minimum atomic E-state index is 0.177. The highest BCUT2D eigenvalue weighted by Crippen LogP contribution is 2.32. The van der Waals surface area contributed by atoms with Crippen LogP contribution in [0.2, 0.25) is 0 Å². The Kier molecular flexibility index (Phi) is 7.53. The van der Waals surface area contributed by atoms with E-state index in [2.05, 4.69) is 58.7 Å². The van der Waals surface area contributed by atoms with Gasteiger partial charge in [-0.2, -0.15) is 0 Å². The average molecular weight is 253 g/mol. The summed E-state index contributed by atoms with van der Waals surface area (Å²) in [6, 6.07) is 0. The molecule has 0 spiro atoms. The van der Waals surface area contributed by atoms with Crippen molar-refractivity contribution in [1.29, 1.82) is 0 Å². The molecule has 0 saturated carbocycles. The molecule has 0 fully saturated rings. The second-order valence-electron chi connectivity index (χ2n) is 4.98. The summed E-state index contributed by atoms with van der Waals surface area (Å²) in [5.74, 6) is 0. The third-order valence-electron chi connectivity index (χ3n) is 2.88. The lowest BCUT2D eigenvalue weighted by Gasteiger charge is -2.24. The number of thioether (sulfide) groups is 1. The Morgan fingerprint density at radius 1 is 1.24 bits per heavy atom. The predicted molar refractivity (Wildman–Crippen MR) is 82.8 cm³/mol. The zero-order valence-electron chi connectivity index (χ0n) is 12.4. The highest BCUT2D eigenvalue weighted by Gasteiger charge is 2.23. The molecule has 0 heterocycles. The number of rotatable bonds is 5. The van der Waals surface area contributed by atoms with Crippen molar-refractivity contribution in [3.8, 4) is 0 Å². The van der Waals surface area contributed by atoms with Crippen LogP contribution in [-0.4, -0.2) is 12.1 Å². The molecule has 0 amide bonds. The number of nitrogens with zero attached hydrogens (tertiary/aromatic N) is 1. The molecule has 2 heteroatoms. The van der Waals surface area contributed by atoms with Crippen LogP contribution in [-0.2, 0) is 0 Å². The van der Waals surface area contributed by atoms with Gasteiger partial charge in [-0.05, 0) is 37.7 Å². The molecule has 0 aliphatic heterocycles. The van der Waals surface area contributed by atoms with Crippen LogP contribution >= 0.6 is 11.8 Å². The number of hydrogen-bond acceptors (Lipinski definition) is 2. The van der Waals surface area contributed by atoms with Gasteiger partial charge in [0, 0.05) is 12.5 Å². The van der Waals surface area contributed by atoms with Crippen molar-refractivity contribution >= 4 is 16.8 Å². The molecule has 0 bridgehead atoms. The van der Waals surface area contributed by atoms with Crippen molar-refractivity contribution in [2.24, 2.45) is 10.4 Å². The highest BCUT2D eigenvalue weighted by atomic mass is 32.2. The van der Waals surface area contributed by atoms with Crippen LogP contribution in [0, 0.1) is 5.41 Å². The van der Waals surface area contributed by atoms with Gasteiger partial charge in [0.1, 0.15) is 0 Å². The van der Waals surface area contributed by atoms with Gasteiger partial charge in [0.05, 0.1) is 5.04 Å². The van der Waals surface area contributed by atoms with Crippen LogP contribution < -0.4 is 0 Å². The van der Waals surface area contributed by atoms with E-state index in [-0.39, 0.29) is 5.41 Å². The predicted octanol–water partition coefficient (Wildman–Crippen LogP) is 5.44. The first-order valence-electron chi connectivity index (χ1n) is 6.37. The fraction of sp³-hybridized carbons (Fsp3) is 0.667. The molecule has 98 valence electrons.